The Labute approximate surface area is 89.8 Å². The van der Waals surface area contributed by atoms with Crippen LogP contribution >= 0.6 is 0 Å². The van der Waals surface area contributed by atoms with Crippen molar-refractivity contribution < 1.29 is 4.74 Å². The lowest BCUT2D eigenvalue weighted by atomic mass is 9.97. The van der Waals surface area contributed by atoms with Crippen LogP contribution in [0.5, 0.6) is 0 Å². The van der Waals surface area contributed by atoms with E-state index in [1.54, 1.807) is 11.0 Å². The topological polar surface area (TPSA) is 52.0 Å². The SMILES string of the molecule is CC1CCNCC1OCc1ncnn1C. The largest absolute Gasteiger partial charge is 0.369 e. The van der Waals surface area contributed by atoms with Gasteiger partial charge in [0.2, 0.25) is 0 Å². The number of nitrogens with one attached hydrogen (secondary N) is 1. The molecule has 1 aromatic heterocycles. The summed E-state index contributed by atoms with van der Waals surface area (Å²) >= 11 is 0. The second kappa shape index (κ2) is 4.72. The van der Waals surface area contributed by atoms with Crippen molar-refractivity contribution in [1.82, 2.24) is 20.1 Å². The Balaban J connectivity index is 1.84. The summed E-state index contributed by atoms with van der Waals surface area (Å²) in [6.45, 7) is 4.83. The average molecular weight is 210 g/mol. The number of piperidine rings is 1. The maximum Gasteiger partial charge on any atom is 0.152 e. The van der Waals surface area contributed by atoms with Crippen LogP contribution in [-0.2, 0) is 18.4 Å². The Morgan fingerprint density at radius 3 is 3.20 bits per heavy atom. The molecule has 15 heavy (non-hydrogen) atoms. The number of aryl methyl sites for hydroxylation is 1. The van der Waals surface area contributed by atoms with Crippen molar-refractivity contribution in [2.45, 2.75) is 26.1 Å². The molecule has 84 valence electrons. The molecule has 0 radical (unpaired) electrons. The van der Waals surface area contributed by atoms with Crippen LogP contribution in [0.1, 0.15) is 19.2 Å². The lowest BCUT2D eigenvalue weighted by Crippen LogP contribution is -2.41. The summed E-state index contributed by atoms with van der Waals surface area (Å²) in [5, 5.41) is 7.35. The van der Waals surface area contributed by atoms with Gasteiger partial charge in [-0.3, -0.25) is 4.68 Å². The van der Waals surface area contributed by atoms with Crippen molar-refractivity contribution in [3.8, 4) is 0 Å². The van der Waals surface area contributed by atoms with Crippen LogP contribution in [-0.4, -0.2) is 34.0 Å². The maximum atomic E-state index is 5.83. The van der Waals surface area contributed by atoms with Crippen molar-refractivity contribution >= 4 is 0 Å². The maximum absolute atomic E-state index is 5.83. The second-order valence-corrected chi connectivity index (χ2v) is 4.12. The minimum Gasteiger partial charge on any atom is -0.369 e. The zero-order valence-electron chi connectivity index (χ0n) is 9.31. The van der Waals surface area contributed by atoms with Crippen molar-refractivity contribution in [3.63, 3.8) is 0 Å². The molecule has 1 aliphatic heterocycles. The Morgan fingerprint density at radius 1 is 1.67 bits per heavy atom. The average Bonchev–Trinajstić information content (AvgIpc) is 2.63. The van der Waals surface area contributed by atoms with Crippen LogP contribution in [0.15, 0.2) is 6.33 Å². The van der Waals surface area contributed by atoms with Gasteiger partial charge in [0.25, 0.3) is 0 Å². The van der Waals surface area contributed by atoms with Gasteiger partial charge in [0.1, 0.15) is 12.9 Å². The molecule has 5 nitrogen and oxygen atoms in total. The summed E-state index contributed by atoms with van der Waals surface area (Å²) in [5.41, 5.74) is 0. The Bertz CT molecular complexity index is 312. The minimum absolute atomic E-state index is 0.301. The molecular weight excluding hydrogens is 192 g/mol. The smallest absolute Gasteiger partial charge is 0.152 e. The third-order valence-corrected chi connectivity index (χ3v) is 2.99. The van der Waals surface area contributed by atoms with Crippen LogP contribution in [0.2, 0.25) is 0 Å². The van der Waals surface area contributed by atoms with Gasteiger partial charge in [0, 0.05) is 13.6 Å². The van der Waals surface area contributed by atoms with Gasteiger partial charge in [-0.15, -0.1) is 0 Å². The molecule has 0 aromatic carbocycles. The molecule has 2 heterocycles. The molecule has 0 bridgehead atoms. The van der Waals surface area contributed by atoms with E-state index < -0.39 is 0 Å². The number of hydrogen-bond acceptors (Lipinski definition) is 4. The first-order valence-corrected chi connectivity index (χ1v) is 5.42. The van der Waals surface area contributed by atoms with E-state index in [0.717, 1.165) is 18.9 Å². The number of hydrogen-bond donors (Lipinski definition) is 1. The first kappa shape index (κ1) is 10.6. The molecule has 0 amide bonds. The zero-order valence-corrected chi connectivity index (χ0v) is 9.31. The molecule has 1 saturated heterocycles. The van der Waals surface area contributed by atoms with E-state index in [4.69, 9.17) is 4.74 Å². The second-order valence-electron chi connectivity index (χ2n) is 4.12. The van der Waals surface area contributed by atoms with Crippen LogP contribution in [0.3, 0.4) is 0 Å². The Kier molecular flexibility index (Phi) is 3.33. The van der Waals surface area contributed by atoms with E-state index in [-0.39, 0.29) is 0 Å². The normalized spacial score (nSPS) is 26.8. The molecule has 2 rings (SSSR count). The summed E-state index contributed by atoms with van der Waals surface area (Å²) in [6.07, 6.45) is 3.04. The van der Waals surface area contributed by atoms with Gasteiger partial charge < -0.3 is 10.1 Å². The van der Waals surface area contributed by atoms with E-state index in [9.17, 15) is 0 Å². The fourth-order valence-electron chi connectivity index (χ4n) is 1.82. The fourth-order valence-corrected chi connectivity index (χ4v) is 1.82. The molecule has 1 aromatic rings. The summed E-state index contributed by atoms with van der Waals surface area (Å²) in [4.78, 5) is 4.13. The number of nitrogens with zero attached hydrogens (tertiary/aromatic N) is 3. The van der Waals surface area contributed by atoms with Crippen LogP contribution in [0, 0.1) is 5.92 Å². The van der Waals surface area contributed by atoms with Gasteiger partial charge in [-0.1, -0.05) is 6.92 Å². The highest BCUT2D eigenvalue weighted by Crippen LogP contribution is 2.15. The zero-order chi connectivity index (χ0) is 10.7. The Hall–Kier alpha value is -0.940. The predicted octanol–water partition coefficient (Wildman–Crippen LogP) is 0.330. The fraction of sp³-hybridized carbons (Fsp3) is 0.800. The van der Waals surface area contributed by atoms with E-state index >= 15 is 0 Å². The van der Waals surface area contributed by atoms with Gasteiger partial charge in [-0.25, -0.2) is 4.98 Å². The molecule has 5 heteroatoms. The summed E-state index contributed by atoms with van der Waals surface area (Å²) in [5.74, 6) is 1.51. The number of ether oxygens (including phenoxy) is 1. The standard InChI is InChI=1S/C10H18N4O/c1-8-3-4-11-5-9(8)15-6-10-12-7-13-14(10)2/h7-9,11H,3-6H2,1-2H3. The molecule has 0 aliphatic carbocycles. The van der Waals surface area contributed by atoms with Crippen LogP contribution in [0.25, 0.3) is 0 Å². The first-order valence-electron chi connectivity index (χ1n) is 5.42. The molecular formula is C10H18N4O. The number of aromatic nitrogens is 3. The highest BCUT2D eigenvalue weighted by Gasteiger charge is 2.21. The molecule has 1 aliphatic rings. The van der Waals surface area contributed by atoms with Gasteiger partial charge >= 0.3 is 0 Å². The molecule has 1 N–H and O–H groups in total. The summed E-state index contributed by atoms with van der Waals surface area (Å²) < 4.78 is 7.59. The predicted molar refractivity (Wildman–Crippen MR) is 56.2 cm³/mol. The van der Waals surface area contributed by atoms with Crippen molar-refractivity contribution in [1.29, 1.82) is 0 Å². The molecule has 2 unspecified atom stereocenters. The molecule has 1 fully saturated rings. The summed E-state index contributed by atoms with van der Waals surface area (Å²) in [6, 6.07) is 0. The van der Waals surface area contributed by atoms with Gasteiger partial charge in [-0.2, -0.15) is 5.10 Å². The molecule has 0 saturated carbocycles. The number of rotatable bonds is 3. The van der Waals surface area contributed by atoms with Gasteiger partial charge in [0.15, 0.2) is 5.82 Å². The van der Waals surface area contributed by atoms with Crippen LogP contribution < -0.4 is 5.32 Å². The highest BCUT2D eigenvalue weighted by molar-refractivity contribution is 4.82. The van der Waals surface area contributed by atoms with E-state index in [2.05, 4.69) is 22.3 Å². The lowest BCUT2D eigenvalue weighted by molar-refractivity contribution is -0.0106. The quantitative estimate of drug-likeness (QED) is 0.781. The minimum atomic E-state index is 0.301. The molecule has 2 atom stereocenters. The van der Waals surface area contributed by atoms with Crippen molar-refractivity contribution in [2.75, 3.05) is 13.1 Å². The van der Waals surface area contributed by atoms with Gasteiger partial charge in [0.05, 0.1) is 6.10 Å². The van der Waals surface area contributed by atoms with Crippen LogP contribution in [0.4, 0.5) is 0 Å². The highest BCUT2D eigenvalue weighted by atomic mass is 16.5. The Morgan fingerprint density at radius 2 is 2.53 bits per heavy atom. The monoisotopic (exact) mass is 210 g/mol. The van der Waals surface area contributed by atoms with E-state index in [1.165, 1.54) is 6.42 Å². The van der Waals surface area contributed by atoms with E-state index in [1.807, 2.05) is 7.05 Å². The first-order chi connectivity index (χ1) is 7.27. The van der Waals surface area contributed by atoms with Crippen molar-refractivity contribution in [3.05, 3.63) is 12.2 Å². The lowest BCUT2D eigenvalue weighted by Gasteiger charge is -2.29. The van der Waals surface area contributed by atoms with Gasteiger partial charge in [-0.05, 0) is 18.9 Å². The van der Waals surface area contributed by atoms with Crippen molar-refractivity contribution in [2.24, 2.45) is 13.0 Å². The third kappa shape index (κ3) is 2.54. The third-order valence-electron chi connectivity index (χ3n) is 2.99. The molecule has 0 spiro atoms. The summed E-state index contributed by atoms with van der Waals surface area (Å²) in [7, 11) is 1.88. The van der Waals surface area contributed by atoms with E-state index in [0.29, 0.717) is 18.6 Å².